The molecule has 3 aliphatic heterocycles. The standard InChI is InChI=1S/C21H27N3O3/c1-21(2,3)13-9-10-23(11-13)16-6-4-5-14-15(16)12-24(20(14)27)17-7-8-18(25)22-19(17)26/h4-6,13,17H,7-12H2,1-3H3,(H,22,25,26). The van der Waals surface area contributed by atoms with E-state index >= 15 is 0 Å². The van der Waals surface area contributed by atoms with Crippen molar-refractivity contribution >= 4 is 23.4 Å². The SMILES string of the molecule is CC(C)(C)C1CCN(c2cccc3c2CN(C2CCC(=O)NC2=O)C3=O)C1. The molecule has 2 saturated heterocycles. The normalized spacial score (nSPS) is 25.8. The second-order valence-corrected chi connectivity index (χ2v) is 9.00. The number of hydrogen-bond donors (Lipinski definition) is 1. The van der Waals surface area contributed by atoms with Crippen LogP contribution < -0.4 is 10.2 Å². The smallest absolute Gasteiger partial charge is 0.255 e. The second-order valence-electron chi connectivity index (χ2n) is 9.00. The minimum Gasteiger partial charge on any atom is -0.371 e. The number of benzene rings is 1. The zero-order chi connectivity index (χ0) is 19.3. The van der Waals surface area contributed by atoms with E-state index in [2.05, 4.69) is 37.1 Å². The predicted octanol–water partition coefficient (Wildman–Crippen LogP) is 2.32. The Morgan fingerprint density at radius 1 is 1.11 bits per heavy atom. The van der Waals surface area contributed by atoms with E-state index in [0.717, 1.165) is 30.8 Å². The predicted molar refractivity (Wildman–Crippen MR) is 102 cm³/mol. The number of hydrogen-bond acceptors (Lipinski definition) is 4. The summed E-state index contributed by atoms with van der Waals surface area (Å²) in [5, 5.41) is 2.36. The van der Waals surface area contributed by atoms with Crippen LogP contribution >= 0.6 is 0 Å². The highest BCUT2D eigenvalue weighted by Gasteiger charge is 2.41. The van der Waals surface area contributed by atoms with E-state index in [1.807, 2.05) is 12.1 Å². The van der Waals surface area contributed by atoms with Gasteiger partial charge in [0.1, 0.15) is 6.04 Å². The van der Waals surface area contributed by atoms with Crippen LogP contribution in [0.1, 0.15) is 56.0 Å². The number of rotatable bonds is 2. The molecule has 0 saturated carbocycles. The molecular formula is C21H27N3O3. The van der Waals surface area contributed by atoms with Crippen molar-refractivity contribution in [3.63, 3.8) is 0 Å². The summed E-state index contributed by atoms with van der Waals surface area (Å²) >= 11 is 0. The lowest BCUT2D eigenvalue weighted by molar-refractivity contribution is -0.136. The van der Waals surface area contributed by atoms with Crippen LogP contribution in [-0.4, -0.2) is 41.8 Å². The molecule has 0 spiro atoms. The Morgan fingerprint density at radius 2 is 1.89 bits per heavy atom. The van der Waals surface area contributed by atoms with Crippen LogP contribution in [0.5, 0.6) is 0 Å². The van der Waals surface area contributed by atoms with Crippen LogP contribution in [0.15, 0.2) is 18.2 Å². The van der Waals surface area contributed by atoms with Gasteiger partial charge in [-0.15, -0.1) is 0 Å². The van der Waals surface area contributed by atoms with Crippen molar-refractivity contribution in [2.45, 2.75) is 52.6 Å². The lowest BCUT2D eigenvalue weighted by Gasteiger charge is -2.30. The van der Waals surface area contributed by atoms with E-state index < -0.39 is 6.04 Å². The molecule has 0 radical (unpaired) electrons. The van der Waals surface area contributed by atoms with Crippen LogP contribution in [-0.2, 0) is 16.1 Å². The summed E-state index contributed by atoms with van der Waals surface area (Å²) in [5.41, 5.74) is 3.09. The first-order valence-corrected chi connectivity index (χ1v) is 9.77. The van der Waals surface area contributed by atoms with Crippen LogP contribution in [0.3, 0.4) is 0 Å². The van der Waals surface area contributed by atoms with Gasteiger partial charge in [-0.1, -0.05) is 26.8 Å². The molecule has 2 atom stereocenters. The lowest BCUT2D eigenvalue weighted by atomic mass is 9.80. The Kier molecular flexibility index (Phi) is 4.24. The van der Waals surface area contributed by atoms with Gasteiger partial charge in [0, 0.05) is 42.9 Å². The number of anilines is 1. The van der Waals surface area contributed by atoms with Gasteiger partial charge >= 0.3 is 0 Å². The highest BCUT2D eigenvalue weighted by atomic mass is 16.2. The summed E-state index contributed by atoms with van der Waals surface area (Å²) in [6, 6.07) is 5.32. The van der Waals surface area contributed by atoms with Crippen molar-refractivity contribution in [3.8, 4) is 0 Å². The number of nitrogens with zero attached hydrogens (tertiary/aromatic N) is 2. The van der Waals surface area contributed by atoms with Crippen molar-refractivity contribution in [2.24, 2.45) is 11.3 Å². The van der Waals surface area contributed by atoms with Crippen LogP contribution in [0.2, 0.25) is 0 Å². The average Bonchev–Trinajstić information content (AvgIpc) is 3.21. The number of carbonyl (C=O) groups is 3. The van der Waals surface area contributed by atoms with Gasteiger partial charge in [-0.2, -0.15) is 0 Å². The first kappa shape index (κ1) is 18.0. The molecule has 4 rings (SSSR count). The van der Waals surface area contributed by atoms with Crippen molar-refractivity contribution in [2.75, 3.05) is 18.0 Å². The molecule has 2 unspecified atom stereocenters. The van der Waals surface area contributed by atoms with Gasteiger partial charge in [0.05, 0.1) is 0 Å². The van der Waals surface area contributed by atoms with Crippen molar-refractivity contribution in [1.82, 2.24) is 10.2 Å². The molecule has 27 heavy (non-hydrogen) atoms. The Labute approximate surface area is 159 Å². The largest absolute Gasteiger partial charge is 0.371 e. The Morgan fingerprint density at radius 3 is 2.56 bits per heavy atom. The minimum absolute atomic E-state index is 0.104. The Bertz CT molecular complexity index is 811. The van der Waals surface area contributed by atoms with E-state index in [1.165, 1.54) is 0 Å². The van der Waals surface area contributed by atoms with Crippen molar-refractivity contribution < 1.29 is 14.4 Å². The number of fused-ring (bicyclic) bond motifs is 1. The number of imide groups is 1. The van der Waals surface area contributed by atoms with E-state index in [1.54, 1.807) is 4.90 Å². The fourth-order valence-corrected chi connectivity index (χ4v) is 4.55. The third kappa shape index (κ3) is 3.11. The van der Waals surface area contributed by atoms with Gasteiger partial charge in [-0.25, -0.2) is 0 Å². The zero-order valence-electron chi connectivity index (χ0n) is 16.2. The third-order valence-electron chi connectivity index (χ3n) is 6.31. The summed E-state index contributed by atoms with van der Waals surface area (Å²) in [5.74, 6) is -0.0982. The molecule has 6 nitrogen and oxygen atoms in total. The molecule has 144 valence electrons. The van der Waals surface area contributed by atoms with Crippen molar-refractivity contribution in [1.29, 1.82) is 0 Å². The van der Waals surface area contributed by atoms with Crippen LogP contribution in [0.25, 0.3) is 0 Å². The molecule has 0 aromatic heterocycles. The molecule has 3 heterocycles. The molecule has 1 aromatic rings. The molecule has 1 aromatic carbocycles. The summed E-state index contributed by atoms with van der Waals surface area (Å²) in [6.07, 6.45) is 1.83. The zero-order valence-corrected chi connectivity index (χ0v) is 16.2. The molecule has 2 fully saturated rings. The Balaban J connectivity index is 1.59. The van der Waals surface area contributed by atoms with Gasteiger partial charge in [-0.05, 0) is 36.3 Å². The second kappa shape index (κ2) is 6.36. The highest BCUT2D eigenvalue weighted by Crippen LogP contribution is 2.39. The molecule has 0 aliphatic carbocycles. The summed E-state index contributed by atoms with van der Waals surface area (Å²) in [7, 11) is 0. The van der Waals surface area contributed by atoms with E-state index in [9.17, 15) is 14.4 Å². The summed E-state index contributed by atoms with van der Waals surface area (Å²) in [6.45, 7) is 9.27. The molecule has 3 aliphatic rings. The first-order valence-electron chi connectivity index (χ1n) is 9.77. The third-order valence-corrected chi connectivity index (χ3v) is 6.31. The van der Waals surface area contributed by atoms with Crippen molar-refractivity contribution in [3.05, 3.63) is 29.3 Å². The van der Waals surface area contributed by atoms with Crippen LogP contribution in [0, 0.1) is 11.3 Å². The van der Waals surface area contributed by atoms with Gasteiger partial charge in [0.25, 0.3) is 5.91 Å². The fourth-order valence-electron chi connectivity index (χ4n) is 4.55. The number of nitrogens with one attached hydrogen (secondary N) is 1. The first-order chi connectivity index (χ1) is 12.8. The fraction of sp³-hybridized carbons (Fsp3) is 0.571. The maximum atomic E-state index is 13.0. The van der Waals surface area contributed by atoms with Gasteiger partial charge in [0.2, 0.25) is 11.8 Å². The van der Waals surface area contributed by atoms with Crippen LogP contribution in [0.4, 0.5) is 5.69 Å². The monoisotopic (exact) mass is 369 g/mol. The molecule has 6 heteroatoms. The van der Waals surface area contributed by atoms with E-state index in [4.69, 9.17) is 0 Å². The number of carbonyl (C=O) groups excluding carboxylic acids is 3. The quantitative estimate of drug-likeness (QED) is 0.813. The molecule has 0 bridgehead atoms. The lowest BCUT2D eigenvalue weighted by Crippen LogP contribution is -2.52. The van der Waals surface area contributed by atoms with E-state index in [-0.39, 0.29) is 29.6 Å². The maximum absolute atomic E-state index is 13.0. The summed E-state index contributed by atoms with van der Waals surface area (Å²) < 4.78 is 0. The Hall–Kier alpha value is -2.37. The maximum Gasteiger partial charge on any atom is 0.255 e. The molecule has 3 amide bonds. The van der Waals surface area contributed by atoms with Gasteiger partial charge in [0.15, 0.2) is 0 Å². The van der Waals surface area contributed by atoms with E-state index in [0.29, 0.717) is 24.4 Å². The van der Waals surface area contributed by atoms with Gasteiger partial charge in [-0.3, -0.25) is 19.7 Å². The number of piperidine rings is 1. The summed E-state index contributed by atoms with van der Waals surface area (Å²) in [4.78, 5) is 40.7. The van der Waals surface area contributed by atoms with Gasteiger partial charge < -0.3 is 9.80 Å². The average molecular weight is 369 g/mol. The number of amides is 3. The molecular weight excluding hydrogens is 342 g/mol. The molecule has 1 N–H and O–H groups in total. The highest BCUT2D eigenvalue weighted by molar-refractivity contribution is 6.06. The minimum atomic E-state index is -0.559. The topological polar surface area (TPSA) is 69.7 Å².